The van der Waals surface area contributed by atoms with Crippen LogP contribution in [-0.2, 0) is 19.1 Å². The Morgan fingerprint density at radius 3 is 2.63 bits per heavy atom. The molecule has 3 aliphatic heterocycles. The van der Waals surface area contributed by atoms with E-state index in [9.17, 15) is 9.59 Å². The van der Waals surface area contributed by atoms with Crippen LogP contribution in [0.25, 0.3) is 0 Å². The van der Waals surface area contributed by atoms with E-state index in [0.717, 1.165) is 56.5 Å². The van der Waals surface area contributed by atoms with E-state index in [1.54, 1.807) is 16.7 Å². The standard InChI is InChI=1S/C22H31N3O4S/c1-30-19-4-2-18(3-5-19)25-14-17(12-21(25)26)22(27)23-13-20(16-6-9-29-15-16)24-7-10-28-11-8-24/h2-5,16-17,20H,6-15H2,1H3,(H,23,27). The highest BCUT2D eigenvalue weighted by atomic mass is 32.2. The maximum absolute atomic E-state index is 12.9. The third-order valence-corrected chi connectivity index (χ3v) is 7.13. The van der Waals surface area contributed by atoms with Crippen LogP contribution >= 0.6 is 11.8 Å². The summed E-state index contributed by atoms with van der Waals surface area (Å²) in [5.74, 6) is 0.118. The zero-order valence-electron chi connectivity index (χ0n) is 17.5. The number of carbonyl (C=O) groups excluding carboxylic acids is 2. The van der Waals surface area contributed by atoms with Crippen molar-refractivity contribution >= 4 is 29.3 Å². The second-order valence-corrected chi connectivity index (χ2v) is 9.07. The summed E-state index contributed by atoms with van der Waals surface area (Å²) in [7, 11) is 0. The van der Waals surface area contributed by atoms with Crippen molar-refractivity contribution in [2.24, 2.45) is 11.8 Å². The zero-order valence-corrected chi connectivity index (χ0v) is 18.4. The molecule has 3 heterocycles. The van der Waals surface area contributed by atoms with Crippen LogP contribution in [0, 0.1) is 11.8 Å². The predicted octanol–water partition coefficient (Wildman–Crippen LogP) is 1.61. The van der Waals surface area contributed by atoms with Gasteiger partial charge in [-0.1, -0.05) is 0 Å². The van der Waals surface area contributed by atoms with Gasteiger partial charge in [-0.05, 0) is 36.9 Å². The SMILES string of the molecule is CSc1ccc(N2CC(C(=O)NCC(C3CCOC3)N3CCOCC3)CC2=O)cc1. The fraction of sp³-hybridized carbons (Fsp3) is 0.636. The van der Waals surface area contributed by atoms with Crippen molar-refractivity contribution < 1.29 is 19.1 Å². The smallest absolute Gasteiger partial charge is 0.227 e. The van der Waals surface area contributed by atoms with E-state index >= 15 is 0 Å². The normalized spacial score (nSPS) is 26.2. The fourth-order valence-corrected chi connectivity index (χ4v) is 5.01. The van der Waals surface area contributed by atoms with Crippen LogP contribution in [0.1, 0.15) is 12.8 Å². The predicted molar refractivity (Wildman–Crippen MR) is 117 cm³/mol. The number of ether oxygens (including phenoxy) is 2. The van der Waals surface area contributed by atoms with Crippen LogP contribution in [0.15, 0.2) is 29.2 Å². The number of anilines is 1. The van der Waals surface area contributed by atoms with Crippen molar-refractivity contribution in [2.75, 3.05) is 63.8 Å². The van der Waals surface area contributed by atoms with Gasteiger partial charge in [0.05, 0.1) is 25.7 Å². The average molecular weight is 434 g/mol. The molecule has 0 spiro atoms. The lowest BCUT2D eigenvalue weighted by Crippen LogP contribution is -2.53. The van der Waals surface area contributed by atoms with Crippen LogP contribution < -0.4 is 10.2 Å². The molecule has 164 valence electrons. The minimum absolute atomic E-state index is 0.0148. The van der Waals surface area contributed by atoms with E-state index in [1.165, 1.54) is 0 Å². The van der Waals surface area contributed by atoms with Crippen LogP contribution in [0.5, 0.6) is 0 Å². The number of carbonyl (C=O) groups is 2. The highest BCUT2D eigenvalue weighted by Gasteiger charge is 2.37. The summed E-state index contributed by atoms with van der Waals surface area (Å²) in [6.45, 7) is 5.83. The van der Waals surface area contributed by atoms with Crippen molar-refractivity contribution in [3.8, 4) is 0 Å². The molecular weight excluding hydrogens is 402 g/mol. The minimum atomic E-state index is -0.303. The van der Waals surface area contributed by atoms with Crippen LogP contribution in [0.2, 0.25) is 0 Å². The Morgan fingerprint density at radius 2 is 1.97 bits per heavy atom. The van der Waals surface area contributed by atoms with Gasteiger partial charge in [0.1, 0.15) is 0 Å². The Hall–Kier alpha value is -1.61. The molecule has 3 unspecified atom stereocenters. The molecule has 3 fully saturated rings. The number of benzene rings is 1. The summed E-state index contributed by atoms with van der Waals surface area (Å²) >= 11 is 1.67. The van der Waals surface area contributed by atoms with Gasteiger partial charge in [-0.3, -0.25) is 14.5 Å². The first-order valence-corrected chi connectivity index (χ1v) is 12.0. The zero-order chi connectivity index (χ0) is 20.9. The highest BCUT2D eigenvalue weighted by Crippen LogP contribution is 2.27. The molecule has 7 nitrogen and oxygen atoms in total. The monoisotopic (exact) mass is 433 g/mol. The minimum Gasteiger partial charge on any atom is -0.381 e. The molecular formula is C22H31N3O4S. The Labute approximate surface area is 182 Å². The van der Waals surface area contributed by atoms with Gasteiger partial charge in [0, 0.05) is 61.7 Å². The number of thioether (sulfide) groups is 1. The quantitative estimate of drug-likeness (QED) is 0.659. The highest BCUT2D eigenvalue weighted by molar-refractivity contribution is 7.98. The third-order valence-electron chi connectivity index (χ3n) is 6.39. The number of rotatable bonds is 7. The molecule has 2 amide bonds. The third kappa shape index (κ3) is 4.99. The van der Waals surface area contributed by atoms with Gasteiger partial charge in [-0.15, -0.1) is 11.8 Å². The molecule has 1 aromatic rings. The van der Waals surface area contributed by atoms with Crippen LogP contribution in [0.3, 0.4) is 0 Å². The van der Waals surface area contributed by atoms with E-state index in [1.807, 2.05) is 30.5 Å². The molecule has 3 saturated heterocycles. The van der Waals surface area contributed by atoms with Crippen LogP contribution in [0.4, 0.5) is 5.69 Å². The Balaban J connectivity index is 1.34. The lowest BCUT2D eigenvalue weighted by atomic mass is 9.96. The van der Waals surface area contributed by atoms with Gasteiger partial charge < -0.3 is 19.7 Å². The van der Waals surface area contributed by atoms with E-state index in [0.29, 0.717) is 19.0 Å². The van der Waals surface area contributed by atoms with Gasteiger partial charge in [-0.2, -0.15) is 0 Å². The molecule has 0 aromatic heterocycles. The van der Waals surface area contributed by atoms with E-state index in [2.05, 4.69) is 10.2 Å². The largest absolute Gasteiger partial charge is 0.381 e. The van der Waals surface area contributed by atoms with Gasteiger partial charge in [-0.25, -0.2) is 0 Å². The van der Waals surface area contributed by atoms with E-state index in [4.69, 9.17) is 9.47 Å². The number of amides is 2. The van der Waals surface area contributed by atoms with Gasteiger partial charge in [0.15, 0.2) is 0 Å². The van der Waals surface area contributed by atoms with Gasteiger partial charge >= 0.3 is 0 Å². The summed E-state index contributed by atoms with van der Waals surface area (Å²) in [5.41, 5.74) is 0.863. The maximum atomic E-state index is 12.9. The molecule has 0 radical (unpaired) electrons. The Kier molecular flexibility index (Phi) is 7.30. The lowest BCUT2D eigenvalue weighted by Gasteiger charge is -2.37. The summed E-state index contributed by atoms with van der Waals surface area (Å²) < 4.78 is 11.1. The van der Waals surface area contributed by atoms with Crippen molar-refractivity contribution in [2.45, 2.75) is 23.8 Å². The first kappa shape index (κ1) is 21.6. The van der Waals surface area contributed by atoms with Crippen molar-refractivity contribution in [3.63, 3.8) is 0 Å². The molecule has 8 heteroatoms. The Bertz CT molecular complexity index is 732. The molecule has 1 N–H and O–H groups in total. The molecule has 0 aliphatic carbocycles. The molecule has 0 saturated carbocycles. The van der Waals surface area contributed by atoms with E-state index < -0.39 is 0 Å². The first-order chi connectivity index (χ1) is 14.7. The molecule has 3 atom stereocenters. The number of nitrogens with zero attached hydrogens (tertiary/aromatic N) is 2. The van der Waals surface area contributed by atoms with Crippen molar-refractivity contribution in [3.05, 3.63) is 24.3 Å². The number of nitrogens with one attached hydrogen (secondary N) is 1. The summed E-state index contributed by atoms with van der Waals surface area (Å²) in [6.07, 6.45) is 3.32. The number of hydrogen-bond acceptors (Lipinski definition) is 6. The Morgan fingerprint density at radius 1 is 1.20 bits per heavy atom. The second kappa shape index (κ2) is 10.1. The van der Waals surface area contributed by atoms with Gasteiger partial charge in [0.25, 0.3) is 0 Å². The van der Waals surface area contributed by atoms with Crippen molar-refractivity contribution in [1.29, 1.82) is 0 Å². The summed E-state index contributed by atoms with van der Waals surface area (Å²) in [5, 5.41) is 3.15. The average Bonchev–Trinajstić information content (AvgIpc) is 3.45. The maximum Gasteiger partial charge on any atom is 0.227 e. The number of hydrogen-bond donors (Lipinski definition) is 1. The topological polar surface area (TPSA) is 71.1 Å². The van der Waals surface area contributed by atoms with Crippen molar-refractivity contribution in [1.82, 2.24) is 10.2 Å². The molecule has 1 aromatic carbocycles. The molecule has 30 heavy (non-hydrogen) atoms. The second-order valence-electron chi connectivity index (χ2n) is 8.19. The molecule has 0 bridgehead atoms. The summed E-state index contributed by atoms with van der Waals surface area (Å²) in [4.78, 5) is 30.8. The van der Waals surface area contributed by atoms with Gasteiger partial charge in [0.2, 0.25) is 11.8 Å². The van der Waals surface area contributed by atoms with E-state index in [-0.39, 0.29) is 30.2 Å². The number of morpholine rings is 1. The molecule has 3 aliphatic rings. The lowest BCUT2D eigenvalue weighted by molar-refractivity contribution is -0.126. The first-order valence-electron chi connectivity index (χ1n) is 10.8. The van der Waals surface area contributed by atoms with Crippen LogP contribution in [-0.4, -0.2) is 81.6 Å². The molecule has 4 rings (SSSR count). The fourth-order valence-electron chi connectivity index (χ4n) is 4.60. The summed E-state index contributed by atoms with van der Waals surface area (Å²) in [6, 6.07) is 8.19.